The number of pyridine rings is 1. The molecule has 2 unspecified atom stereocenters. The number of hydrogen-bond donors (Lipinski definition) is 1. The molecular weight excluding hydrogens is 558 g/mol. The molecule has 0 bridgehead atoms. The molecule has 2 rings (SSSR count). The lowest BCUT2D eigenvalue weighted by atomic mass is 9.88. The molecule has 8 heteroatoms. The molecule has 0 aromatic carbocycles. The molecule has 7 atom stereocenters. The Morgan fingerprint density at radius 1 is 1.26 bits per heavy atom. The van der Waals surface area contributed by atoms with Gasteiger partial charge in [0.05, 0.1) is 18.1 Å². The second-order valence-corrected chi connectivity index (χ2v) is 18.4. The van der Waals surface area contributed by atoms with Crippen LogP contribution >= 0.6 is 0 Å². The molecule has 0 saturated carbocycles. The zero-order valence-electron chi connectivity index (χ0n) is 28.4. The van der Waals surface area contributed by atoms with Crippen molar-refractivity contribution in [2.45, 2.75) is 136 Å². The van der Waals surface area contributed by atoms with E-state index in [2.05, 4.69) is 51.8 Å². The lowest BCUT2D eigenvalue weighted by Crippen LogP contribution is -2.47. The molecule has 1 aromatic heterocycles. The molecule has 7 nitrogen and oxygen atoms in total. The monoisotopic (exact) mass is 615 g/mol. The van der Waals surface area contributed by atoms with Crippen LogP contribution in [0, 0.1) is 5.92 Å². The summed E-state index contributed by atoms with van der Waals surface area (Å²) in [6.07, 6.45) is 10.4. The molecule has 43 heavy (non-hydrogen) atoms. The fraction of sp³-hybridized carbons (Fsp3) is 0.657. The number of carbonyl (C=O) groups excluding carboxylic acids is 1. The predicted molar refractivity (Wildman–Crippen MR) is 176 cm³/mol. The number of esters is 1. The number of aliphatic hydroxyl groups is 1. The van der Waals surface area contributed by atoms with E-state index in [1.807, 2.05) is 71.0 Å². The van der Waals surface area contributed by atoms with Crippen LogP contribution in [0.3, 0.4) is 0 Å². The third-order valence-corrected chi connectivity index (χ3v) is 13.3. The van der Waals surface area contributed by atoms with E-state index in [9.17, 15) is 9.90 Å². The van der Waals surface area contributed by atoms with Crippen LogP contribution in [0.15, 0.2) is 60.3 Å². The molecule has 1 aliphatic rings. The fourth-order valence-electron chi connectivity index (χ4n) is 4.96. The minimum absolute atomic E-state index is 0.0265. The number of cyclic esters (lactones) is 1. The highest BCUT2D eigenvalue weighted by molar-refractivity contribution is 6.74. The highest BCUT2D eigenvalue weighted by Gasteiger charge is 2.42. The molecule has 2 heterocycles. The highest BCUT2D eigenvalue weighted by atomic mass is 28.4. The van der Waals surface area contributed by atoms with Gasteiger partial charge in [-0.2, -0.15) is 0 Å². The first-order chi connectivity index (χ1) is 20.0. The van der Waals surface area contributed by atoms with Crippen molar-refractivity contribution >= 4 is 14.3 Å². The van der Waals surface area contributed by atoms with Gasteiger partial charge >= 0.3 is 5.97 Å². The number of hydrogen-bond acceptors (Lipinski definition) is 7. The molecule has 0 fully saturated rings. The Kier molecular flexibility index (Phi) is 14.0. The van der Waals surface area contributed by atoms with Crippen LogP contribution in [0.5, 0.6) is 0 Å². The quantitative estimate of drug-likeness (QED) is 0.0942. The molecule has 1 aromatic rings. The Morgan fingerprint density at radius 2 is 1.95 bits per heavy atom. The van der Waals surface area contributed by atoms with Crippen molar-refractivity contribution in [3.05, 3.63) is 66.0 Å². The number of rotatable bonds is 10. The van der Waals surface area contributed by atoms with Crippen molar-refractivity contribution in [2.24, 2.45) is 5.92 Å². The predicted octanol–water partition coefficient (Wildman–Crippen LogP) is 7.88. The van der Waals surface area contributed by atoms with Gasteiger partial charge in [-0.25, -0.2) is 0 Å². The van der Waals surface area contributed by atoms with E-state index in [0.717, 1.165) is 11.3 Å². The first-order valence-corrected chi connectivity index (χ1v) is 18.7. The molecule has 0 amide bonds. The highest BCUT2D eigenvalue weighted by Crippen LogP contribution is 2.39. The zero-order chi connectivity index (χ0) is 32.4. The molecule has 242 valence electrons. The summed E-state index contributed by atoms with van der Waals surface area (Å²) < 4.78 is 24.9. The second kappa shape index (κ2) is 16.3. The van der Waals surface area contributed by atoms with Crippen LogP contribution in [0.25, 0.3) is 0 Å². The fourth-order valence-corrected chi connectivity index (χ4v) is 6.34. The van der Waals surface area contributed by atoms with E-state index < -0.39 is 32.4 Å². The van der Waals surface area contributed by atoms with Gasteiger partial charge in [-0.3, -0.25) is 9.78 Å². The van der Waals surface area contributed by atoms with Crippen molar-refractivity contribution in [2.75, 3.05) is 6.61 Å². The Bertz CT molecular complexity index is 1100. The second-order valence-electron chi connectivity index (χ2n) is 13.6. The largest absolute Gasteiger partial charge is 0.457 e. The molecular formula is C35H57NO6Si. The molecule has 0 saturated heterocycles. The van der Waals surface area contributed by atoms with Crippen LogP contribution < -0.4 is 0 Å². The number of carbonyl (C=O) groups is 1. The van der Waals surface area contributed by atoms with Crippen LogP contribution in [0.1, 0.15) is 93.2 Å². The summed E-state index contributed by atoms with van der Waals surface area (Å²) in [5.41, 5.74) is 0.963. The Balaban J connectivity index is 2.42. The van der Waals surface area contributed by atoms with Crippen molar-refractivity contribution in [3.8, 4) is 0 Å². The summed E-state index contributed by atoms with van der Waals surface area (Å²) in [4.78, 5) is 17.9. The standard InChI is InChI=1S/C35H57NO6Si/c1-12-39-28(5)41-35(9)22-21-29(42-43(10,11)34(6,7)8)24-32(38)40-33(27(4)19-20-31(35)37)26(3)17-15-16-25(2)30-18-13-14-23-36-30/h13-20,23,25,27-29,31,33,37H,12,21-22,24H2,1-11H3/b16-15+,20-19-,26-17+/t25-,27+,28?,29-,31+,33?,35-/m1/s1. The maximum Gasteiger partial charge on any atom is 0.308 e. The van der Waals surface area contributed by atoms with E-state index in [4.69, 9.17) is 18.6 Å². The van der Waals surface area contributed by atoms with Crippen LogP contribution in [-0.4, -0.2) is 61.2 Å². The van der Waals surface area contributed by atoms with Gasteiger partial charge in [-0.05, 0) is 76.4 Å². The maximum atomic E-state index is 13.5. The van der Waals surface area contributed by atoms with E-state index in [0.29, 0.717) is 19.4 Å². The molecule has 0 spiro atoms. The van der Waals surface area contributed by atoms with E-state index in [1.165, 1.54) is 0 Å². The van der Waals surface area contributed by atoms with Gasteiger partial charge in [0.25, 0.3) is 0 Å². The third kappa shape index (κ3) is 11.4. The van der Waals surface area contributed by atoms with Gasteiger partial charge in [0.1, 0.15) is 12.2 Å². The van der Waals surface area contributed by atoms with Gasteiger partial charge in [0.2, 0.25) is 0 Å². The first-order valence-electron chi connectivity index (χ1n) is 15.8. The third-order valence-electron chi connectivity index (χ3n) is 8.78. The normalized spacial score (nSPS) is 28.9. The molecule has 0 aliphatic carbocycles. The summed E-state index contributed by atoms with van der Waals surface area (Å²) in [5, 5.41) is 11.4. The van der Waals surface area contributed by atoms with Crippen molar-refractivity contribution in [3.63, 3.8) is 0 Å². The van der Waals surface area contributed by atoms with Crippen LogP contribution in [-0.2, 0) is 23.4 Å². The van der Waals surface area contributed by atoms with Crippen LogP contribution in [0.4, 0.5) is 0 Å². The van der Waals surface area contributed by atoms with Gasteiger partial charge < -0.3 is 23.7 Å². The minimum atomic E-state index is -2.20. The Hall–Kier alpha value is -2.10. The summed E-state index contributed by atoms with van der Waals surface area (Å²) in [5.74, 6) is -0.343. The average Bonchev–Trinajstić information content (AvgIpc) is 2.92. The molecule has 1 aliphatic heterocycles. The Morgan fingerprint density at radius 3 is 2.56 bits per heavy atom. The van der Waals surface area contributed by atoms with Crippen molar-refractivity contribution < 1.29 is 28.5 Å². The van der Waals surface area contributed by atoms with Gasteiger partial charge in [-0.1, -0.05) is 71.1 Å². The first kappa shape index (κ1) is 37.1. The summed E-state index contributed by atoms with van der Waals surface area (Å²) in [6, 6.07) is 5.90. The SMILES string of the molecule is CCOC(C)O[C@]1(C)CC[C@@H](O[Si](C)(C)C(C)(C)C)CC(=O)OC(/C(C)=C/C=C/[C@@H](C)c2ccccn2)[C@@H](C)/C=C\[C@@H]1O. The number of nitrogens with zero attached hydrogens (tertiary/aromatic N) is 1. The maximum absolute atomic E-state index is 13.5. The number of allylic oxidation sites excluding steroid dienone is 3. The van der Waals surface area contributed by atoms with Gasteiger partial charge in [-0.15, -0.1) is 0 Å². The Labute approximate surface area is 261 Å². The van der Waals surface area contributed by atoms with Crippen molar-refractivity contribution in [1.82, 2.24) is 4.98 Å². The average molecular weight is 616 g/mol. The minimum Gasteiger partial charge on any atom is -0.457 e. The van der Waals surface area contributed by atoms with E-state index >= 15 is 0 Å². The summed E-state index contributed by atoms with van der Waals surface area (Å²) >= 11 is 0. The van der Waals surface area contributed by atoms with Crippen LogP contribution in [0.2, 0.25) is 18.1 Å². The molecule has 0 radical (unpaired) electrons. The number of aliphatic hydroxyl groups excluding tert-OH is 1. The van der Waals surface area contributed by atoms with Gasteiger partial charge in [0, 0.05) is 30.3 Å². The van der Waals surface area contributed by atoms with E-state index in [-0.39, 0.29) is 35.4 Å². The topological polar surface area (TPSA) is 87.1 Å². The lowest BCUT2D eigenvalue weighted by Gasteiger charge is -2.41. The lowest BCUT2D eigenvalue weighted by molar-refractivity contribution is -0.221. The van der Waals surface area contributed by atoms with Gasteiger partial charge in [0.15, 0.2) is 14.6 Å². The summed E-state index contributed by atoms with van der Waals surface area (Å²) in [6.45, 7) is 23.2. The number of ether oxygens (including phenoxy) is 3. The number of aromatic nitrogens is 1. The smallest absolute Gasteiger partial charge is 0.308 e. The van der Waals surface area contributed by atoms with E-state index in [1.54, 1.807) is 12.3 Å². The van der Waals surface area contributed by atoms with Crippen molar-refractivity contribution in [1.29, 1.82) is 0 Å². The zero-order valence-corrected chi connectivity index (χ0v) is 29.4. The molecule has 1 N–H and O–H groups in total. The summed E-state index contributed by atoms with van der Waals surface area (Å²) in [7, 11) is -2.20.